The van der Waals surface area contributed by atoms with Gasteiger partial charge in [-0.25, -0.2) is 0 Å². The standard InChI is InChI=1S/C14H26O4/c1-14(2,3)18-13(17)11-9-7-5-4-6-8-10-12(15)16/h4-11H2,1-3H3,(H,15,16). The molecule has 0 radical (unpaired) electrons. The van der Waals surface area contributed by atoms with Crippen LogP contribution in [0.4, 0.5) is 0 Å². The van der Waals surface area contributed by atoms with Crippen LogP contribution in [0.2, 0.25) is 0 Å². The van der Waals surface area contributed by atoms with E-state index in [4.69, 9.17) is 9.84 Å². The van der Waals surface area contributed by atoms with Crippen LogP contribution in [-0.4, -0.2) is 22.6 Å². The van der Waals surface area contributed by atoms with Gasteiger partial charge in [0.25, 0.3) is 0 Å². The van der Waals surface area contributed by atoms with E-state index in [1.54, 1.807) is 0 Å². The topological polar surface area (TPSA) is 63.6 Å². The third-order valence-corrected chi connectivity index (χ3v) is 2.44. The minimum atomic E-state index is -0.722. The number of esters is 1. The van der Waals surface area contributed by atoms with Gasteiger partial charge in [0.2, 0.25) is 0 Å². The van der Waals surface area contributed by atoms with Crippen LogP contribution in [0.25, 0.3) is 0 Å². The number of carboxylic acids is 1. The van der Waals surface area contributed by atoms with E-state index in [2.05, 4.69) is 0 Å². The summed E-state index contributed by atoms with van der Waals surface area (Å²) in [6, 6.07) is 0. The Balaban J connectivity index is 3.30. The molecule has 0 spiro atoms. The summed E-state index contributed by atoms with van der Waals surface area (Å²) in [5, 5.41) is 8.46. The van der Waals surface area contributed by atoms with Gasteiger partial charge in [-0.15, -0.1) is 0 Å². The first-order chi connectivity index (χ1) is 8.31. The lowest BCUT2D eigenvalue weighted by molar-refractivity contribution is -0.155. The monoisotopic (exact) mass is 258 g/mol. The van der Waals surface area contributed by atoms with E-state index in [0.717, 1.165) is 38.5 Å². The fraction of sp³-hybridized carbons (Fsp3) is 0.857. The van der Waals surface area contributed by atoms with Gasteiger partial charge in [-0.2, -0.15) is 0 Å². The van der Waals surface area contributed by atoms with Gasteiger partial charge in [0, 0.05) is 12.8 Å². The van der Waals surface area contributed by atoms with Crippen molar-refractivity contribution in [1.82, 2.24) is 0 Å². The Morgan fingerprint density at radius 2 is 1.33 bits per heavy atom. The molecule has 0 rings (SSSR count). The zero-order valence-electron chi connectivity index (χ0n) is 11.8. The van der Waals surface area contributed by atoms with Crippen LogP contribution in [-0.2, 0) is 14.3 Å². The highest BCUT2D eigenvalue weighted by Crippen LogP contribution is 2.12. The summed E-state index contributed by atoms with van der Waals surface area (Å²) in [4.78, 5) is 21.7. The molecule has 0 saturated carbocycles. The zero-order valence-corrected chi connectivity index (χ0v) is 11.8. The maximum Gasteiger partial charge on any atom is 0.306 e. The summed E-state index contributed by atoms with van der Waals surface area (Å²) in [7, 11) is 0. The normalized spacial score (nSPS) is 11.3. The third kappa shape index (κ3) is 13.0. The average Bonchev–Trinajstić information content (AvgIpc) is 2.18. The van der Waals surface area contributed by atoms with Gasteiger partial charge >= 0.3 is 11.9 Å². The Labute approximate surface area is 110 Å². The van der Waals surface area contributed by atoms with Gasteiger partial charge in [0.15, 0.2) is 0 Å². The van der Waals surface area contributed by atoms with Crippen LogP contribution in [0.15, 0.2) is 0 Å². The first-order valence-electron chi connectivity index (χ1n) is 6.75. The molecule has 1 N–H and O–H groups in total. The van der Waals surface area contributed by atoms with Crippen molar-refractivity contribution in [3.05, 3.63) is 0 Å². The lowest BCUT2D eigenvalue weighted by Gasteiger charge is -2.19. The Morgan fingerprint density at radius 1 is 0.889 bits per heavy atom. The van der Waals surface area contributed by atoms with Crippen LogP contribution in [0, 0.1) is 0 Å². The van der Waals surface area contributed by atoms with Crippen molar-refractivity contribution >= 4 is 11.9 Å². The average molecular weight is 258 g/mol. The molecule has 0 fully saturated rings. The first-order valence-corrected chi connectivity index (χ1v) is 6.75. The summed E-state index contributed by atoms with van der Waals surface area (Å²) in [6.07, 6.45) is 6.41. The molecular weight excluding hydrogens is 232 g/mol. The highest BCUT2D eigenvalue weighted by atomic mass is 16.6. The maximum absolute atomic E-state index is 11.4. The van der Waals surface area contributed by atoms with E-state index < -0.39 is 11.6 Å². The Bertz CT molecular complexity index is 253. The molecule has 0 bridgehead atoms. The molecule has 0 aliphatic heterocycles. The molecule has 106 valence electrons. The molecule has 0 amide bonds. The number of carbonyl (C=O) groups excluding carboxylic acids is 1. The number of aliphatic carboxylic acids is 1. The molecule has 0 atom stereocenters. The lowest BCUT2D eigenvalue weighted by Crippen LogP contribution is -2.23. The van der Waals surface area contributed by atoms with Crippen molar-refractivity contribution < 1.29 is 19.4 Å². The molecular formula is C14H26O4. The van der Waals surface area contributed by atoms with Crippen molar-refractivity contribution in [3.63, 3.8) is 0 Å². The molecule has 0 aliphatic carbocycles. The second-order valence-corrected chi connectivity index (χ2v) is 5.60. The van der Waals surface area contributed by atoms with Crippen LogP contribution in [0.3, 0.4) is 0 Å². The fourth-order valence-electron chi connectivity index (χ4n) is 1.65. The minimum absolute atomic E-state index is 0.131. The van der Waals surface area contributed by atoms with Crippen LogP contribution in [0.1, 0.15) is 72.1 Å². The summed E-state index contributed by atoms with van der Waals surface area (Å²) >= 11 is 0. The number of rotatable bonds is 9. The van der Waals surface area contributed by atoms with Crippen LogP contribution in [0.5, 0.6) is 0 Å². The van der Waals surface area contributed by atoms with Gasteiger partial charge in [-0.3, -0.25) is 9.59 Å². The highest BCUT2D eigenvalue weighted by molar-refractivity contribution is 5.69. The predicted octanol–water partition coefficient (Wildman–Crippen LogP) is 3.53. The number of hydrogen-bond donors (Lipinski definition) is 1. The molecule has 0 unspecified atom stereocenters. The zero-order chi connectivity index (χ0) is 14.0. The predicted molar refractivity (Wildman–Crippen MR) is 70.4 cm³/mol. The van der Waals surface area contributed by atoms with Crippen LogP contribution >= 0.6 is 0 Å². The number of unbranched alkanes of at least 4 members (excludes halogenated alkanes) is 5. The van der Waals surface area contributed by atoms with E-state index >= 15 is 0 Å². The number of carboxylic acid groups (broad SMARTS) is 1. The van der Waals surface area contributed by atoms with E-state index in [-0.39, 0.29) is 12.4 Å². The molecule has 4 nitrogen and oxygen atoms in total. The largest absolute Gasteiger partial charge is 0.481 e. The van der Waals surface area contributed by atoms with Crippen molar-refractivity contribution in [2.75, 3.05) is 0 Å². The van der Waals surface area contributed by atoms with Gasteiger partial charge in [-0.1, -0.05) is 25.7 Å². The molecule has 0 heterocycles. The number of hydrogen-bond acceptors (Lipinski definition) is 3. The molecule has 0 aromatic heterocycles. The van der Waals surface area contributed by atoms with E-state index in [0.29, 0.717) is 6.42 Å². The van der Waals surface area contributed by atoms with E-state index in [9.17, 15) is 9.59 Å². The molecule has 0 aliphatic rings. The molecule has 4 heteroatoms. The summed E-state index contributed by atoms with van der Waals surface area (Å²) < 4.78 is 5.20. The van der Waals surface area contributed by atoms with Gasteiger partial charge < -0.3 is 9.84 Å². The van der Waals surface area contributed by atoms with Gasteiger partial charge in [-0.05, 0) is 33.6 Å². The van der Waals surface area contributed by atoms with E-state index in [1.807, 2.05) is 20.8 Å². The SMILES string of the molecule is CC(C)(C)OC(=O)CCCCCCCCC(=O)O. The van der Waals surface area contributed by atoms with Crippen molar-refractivity contribution in [2.45, 2.75) is 77.7 Å². The molecule has 0 aromatic rings. The number of carbonyl (C=O) groups is 2. The molecule has 18 heavy (non-hydrogen) atoms. The third-order valence-electron chi connectivity index (χ3n) is 2.44. The number of ether oxygens (including phenoxy) is 1. The van der Waals surface area contributed by atoms with Crippen LogP contribution < -0.4 is 0 Å². The second-order valence-electron chi connectivity index (χ2n) is 5.60. The van der Waals surface area contributed by atoms with Crippen molar-refractivity contribution in [2.24, 2.45) is 0 Å². The Hall–Kier alpha value is -1.06. The smallest absolute Gasteiger partial charge is 0.306 e. The quantitative estimate of drug-likeness (QED) is 0.507. The minimum Gasteiger partial charge on any atom is -0.481 e. The van der Waals surface area contributed by atoms with Crippen molar-refractivity contribution in [3.8, 4) is 0 Å². The van der Waals surface area contributed by atoms with Gasteiger partial charge in [0.1, 0.15) is 5.60 Å². The molecule has 0 saturated heterocycles. The fourth-order valence-corrected chi connectivity index (χ4v) is 1.65. The highest BCUT2D eigenvalue weighted by Gasteiger charge is 2.15. The summed E-state index contributed by atoms with van der Waals surface area (Å²) in [6.45, 7) is 5.61. The second kappa shape index (κ2) is 8.95. The van der Waals surface area contributed by atoms with Crippen molar-refractivity contribution in [1.29, 1.82) is 0 Å². The van der Waals surface area contributed by atoms with Gasteiger partial charge in [0.05, 0.1) is 0 Å². The maximum atomic E-state index is 11.4. The molecule has 0 aromatic carbocycles. The summed E-state index contributed by atoms with van der Waals surface area (Å²) in [5.41, 5.74) is -0.395. The Morgan fingerprint density at radius 3 is 1.78 bits per heavy atom. The Kier molecular flexibility index (Phi) is 8.42. The lowest BCUT2D eigenvalue weighted by atomic mass is 10.1. The first kappa shape index (κ1) is 16.9. The van der Waals surface area contributed by atoms with E-state index in [1.165, 1.54) is 0 Å². The summed E-state index contributed by atoms with van der Waals surface area (Å²) in [5.74, 6) is -0.853.